The van der Waals surface area contributed by atoms with E-state index >= 15 is 0 Å². The number of imide groups is 2. The van der Waals surface area contributed by atoms with Gasteiger partial charge in [0.25, 0.3) is 17.7 Å². The van der Waals surface area contributed by atoms with Crippen molar-refractivity contribution in [2.75, 3.05) is 62.3 Å². The van der Waals surface area contributed by atoms with Crippen LogP contribution in [0, 0.1) is 12.0 Å². The number of hydrogen-bond donors (Lipinski definition) is 1. The SMILES string of the molecule is [C-]#[N+]c1ccc(N2CCC3(CCN(c4ccc(C(=O)N5CCN(CN6Cc7cc8c(cc7C6)C(=O)N(C6CCC(=O)NC6=O)C8=O)CC5)cc4)CC3)C2C)cc1Cl. The van der Waals surface area contributed by atoms with E-state index in [0.29, 0.717) is 66.3 Å². The Morgan fingerprint density at radius 3 is 2.07 bits per heavy atom. The van der Waals surface area contributed by atoms with Crippen LogP contribution in [-0.4, -0.2) is 114 Å². The summed E-state index contributed by atoms with van der Waals surface area (Å²) in [6.45, 7) is 17.3. The molecule has 9 rings (SSSR count). The second-order valence-corrected chi connectivity index (χ2v) is 16.8. The van der Waals surface area contributed by atoms with E-state index in [4.69, 9.17) is 18.2 Å². The number of rotatable bonds is 6. The fraction of sp³-hybridized carbons (Fsp3) is 0.442. The van der Waals surface area contributed by atoms with Crippen molar-refractivity contribution in [2.24, 2.45) is 5.41 Å². The maximum atomic E-state index is 13.6. The average molecular weight is 789 g/mol. The molecule has 0 bridgehead atoms. The fourth-order valence-electron chi connectivity index (χ4n) is 9.98. The molecule has 14 heteroatoms. The first-order valence-corrected chi connectivity index (χ1v) is 20.3. The number of piperidine rings is 2. The zero-order valence-electron chi connectivity index (χ0n) is 32.0. The van der Waals surface area contributed by atoms with Crippen LogP contribution in [0.1, 0.15) is 81.2 Å². The van der Waals surface area contributed by atoms with Gasteiger partial charge in [0.05, 0.1) is 24.4 Å². The Hall–Kier alpha value is -5.29. The number of carbonyl (C=O) groups is 5. The number of nitrogens with one attached hydrogen (secondary N) is 1. The highest BCUT2D eigenvalue weighted by Gasteiger charge is 2.47. The van der Waals surface area contributed by atoms with Crippen LogP contribution in [0.3, 0.4) is 0 Å². The van der Waals surface area contributed by atoms with Crippen molar-refractivity contribution in [3.05, 3.63) is 98.9 Å². The summed E-state index contributed by atoms with van der Waals surface area (Å²) in [6, 6.07) is 16.9. The fourth-order valence-corrected chi connectivity index (χ4v) is 10.2. The minimum absolute atomic E-state index is 0.0481. The average Bonchev–Trinajstić information content (AvgIpc) is 3.84. The Kier molecular flexibility index (Phi) is 9.54. The molecule has 2 atom stereocenters. The molecule has 3 aromatic carbocycles. The lowest BCUT2D eigenvalue weighted by Crippen LogP contribution is -2.54. The van der Waals surface area contributed by atoms with Gasteiger partial charge in [0.1, 0.15) is 6.04 Å². The lowest BCUT2D eigenvalue weighted by molar-refractivity contribution is -0.136. The van der Waals surface area contributed by atoms with E-state index in [1.807, 2.05) is 35.2 Å². The minimum atomic E-state index is -0.974. The van der Waals surface area contributed by atoms with Crippen LogP contribution in [0.4, 0.5) is 17.1 Å². The molecule has 0 aliphatic carbocycles. The van der Waals surface area contributed by atoms with Crippen molar-refractivity contribution in [3.8, 4) is 0 Å². The predicted octanol–water partition coefficient (Wildman–Crippen LogP) is 4.91. The lowest BCUT2D eigenvalue weighted by Gasteiger charge is -2.44. The molecule has 57 heavy (non-hydrogen) atoms. The number of halogens is 1. The van der Waals surface area contributed by atoms with Crippen LogP contribution in [0.5, 0.6) is 0 Å². The third kappa shape index (κ3) is 6.63. The molecule has 2 unspecified atom stereocenters. The molecule has 6 aliphatic heterocycles. The second-order valence-electron chi connectivity index (χ2n) is 16.4. The first-order valence-electron chi connectivity index (χ1n) is 19.9. The summed E-state index contributed by atoms with van der Waals surface area (Å²) < 4.78 is 0. The van der Waals surface area contributed by atoms with Crippen LogP contribution in [0.15, 0.2) is 54.6 Å². The molecule has 6 aliphatic rings. The summed E-state index contributed by atoms with van der Waals surface area (Å²) >= 11 is 6.38. The summed E-state index contributed by atoms with van der Waals surface area (Å²) in [7, 11) is 0. The minimum Gasteiger partial charge on any atom is -0.371 e. The molecule has 0 aromatic heterocycles. The van der Waals surface area contributed by atoms with Crippen molar-refractivity contribution in [2.45, 2.75) is 64.2 Å². The van der Waals surface area contributed by atoms with Crippen LogP contribution >= 0.6 is 11.6 Å². The van der Waals surface area contributed by atoms with Gasteiger partial charge >= 0.3 is 0 Å². The number of nitrogens with zero attached hydrogens (tertiary/aromatic N) is 7. The zero-order chi connectivity index (χ0) is 39.6. The highest BCUT2D eigenvalue weighted by atomic mass is 35.5. The smallest absolute Gasteiger partial charge is 0.262 e. The first kappa shape index (κ1) is 37.3. The van der Waals surface area contributed by atoms with E-state index in [2.05, 4.69) is 48.8 Å². The molecule has 0 radical (unpaired) electrons. The van der Waals surface area contributed by atoms with Gasteiger partial charge < -0.3 is 14.7 Å². The molecule has 13 nitrogen and oxygen atoms in total. The van der Waals surface area contributed by atoms with Gasteiger partial charge in [0, 0.05) is 93.3 Å². The number of carbonyl (C=O) groups excluding carboxylic acids is 5. The topological polar surface area (TPSA) is 121 Å². The first-order chi connectivity index (χ1) is 27.5. The maximum absolute atomic E-state index is 13.6. The highest BCUT2D eigenvalue weighted by Crippen LogP contribution is 2.48. The summed E-state index contributed by atoms with van der Waals surface area (Å²) in [5.41, 5.74) is 6.28. The number of hydrogen-bond acceptors (Lipinski definition) is 9. The second kappa shape index (κ2) is 14.6. The Labute approximate surface area is 336 Å². The Bertz CT molecular complexity index is 2180. The summed E-state index contributed by atoms with van der Waals surface area (Å²) in [6.07, 6.45) is 3.55. The molecule has 294 valence electrons. The molecule has 4 saturated heterocycles. The number of fused-ring (bicyclic) bond motifs is 2. The van der Waals surface area contributed by atoms with Gasteiger partial charge in [-0.2, -0.15) is 0 Å². The van der Waals surface area contributed by atoms with E-state index in [0.717, 1.165) is 79.4 Å². The quantitative estimate of drug-likeness (QED) is 0.275. The third-order valence-corrected chi connectivity index (χ3v) is 13.7. The summed E-state index contributed by atoms with van der Waals surface area (Å²) in [5, 5.41) is 2.75. The van der Waals surface area contributed by atoms with Gasteiger partial charge in [0.15, 0.2) is 0 Å². The van der Waals surface area contributed by atoms with Crippen molar-refractivity contribution in [1.29, 1.82) is 0 Å². The van der Waals surface area contributed by atoms with Crippen molar-refractivity contribution >= 4 is 58.2 Å². The predicted molar refractivity (Wildman–Crippen MR) is 214 cm³/mol. The highest BCUT2D eigenvalue weighted by molar-refractivity contribution is 6.33. The Morgan fingerprint density at radius 1 is 0.825 bits per heavy atom. The van der Waals surface area contributed by atoms with E-state index in [1.54, 1.807) is 12.1 Å². The molecule has 3 aromatic rings. The monoisotopic (exact) mass is 788 g/mol. The normalized spacial score (nSPS) is 23.6. The van der Waals surface area contributed by atoms with Crippen molar-refractivity contribution in [1.82, 2.24) is 24.9 Å². The van der Waals surface area contributed by atoms with Gasteiger partial charge in [-0.15, -0.1) is 0 Å². The van der Waals surface area contributed by atoms with Crippen molar-refractivity contribution in [3.63, 3.8) is 0 Å². The summed E-state index contributed by atoms with van der Waals surface area (Å²) in [5.74, 6) is -1.92. The van der Waals surface area contributed by atoms with Crippen LogP contribution in [-0.2, 0) is 22.7 Å². The Balaban J connectivity index is 0.747. The van der Waals surface area contributed by atoms with Gasteiger partial charge in [0.2, 0.25) is 17.5 Å². The van der Waals surface area contributed by atoms with E-state index in [9.17, 15) is 24.0 Å². The Morgan fingerprint density at radius 2 is 1.46 bits per heavy atom. The molecule has 6 heterocycles. The number of amides is 5. The molecule has 5 amide bonds. The standard InChI is InChI=1S/C43H45ClN8O5/c1-27-43(13-16-51(27)32-7-8-36(45-2)35(44)23-32)11-14-49(15-12-43)31-5-3-28(4-6-31)40(55)50-19-17-47(18-20-50)26-48-24-29-21-33-34(22-30(29)25-48)42(57)52(41(33)56)37-9-10-38(53)46-39(37)54/h3-8,21-23,27,37H,9-20,24-26H2,1H3,(H,46,53,54). The molecule has 0 saturated carbocycles. The molecule has 1 N–H and O–H groups in total. The maximum Gasteiger partial charge on any atom is 0.262 e. The molecule has 1 spiro atoms. The van der Waals surface area contributed by atoms with E-state index < -0.39 is 29.7 Å². The van der Waals surface area contributed by atoms with Crippen LogP contribution in [0.25, 0.3) is 4.85 Å². The van der Waals surface area contributed by atoms with Gasteiger partial charge in [-0.1, -0.05) is 17.7 Å². The van der Waals surface area contributed by atoms with Gasteiger partial charge in [-0.3, -0.25) is 44.0 Å². The number of benzene rings is 3. The van der Waals surface area contributed by atoms with Gasteiger partial charge in [-0.05, 0) is 97.7 Å². The molecule has 4 fully saturated rings. The number of piperazine rings is 1. The zero-order valence-corrected chi connectivity index (χ0v) is 32.8. The van der Waals surface area contributed by atoms with E-state index in [1.165, 1.54) is 0 Å². The largest absolute Gasteiger partial charge is 0.371 e. The van der Waals surface area contributed by atoms with Gasteiger partial charge in [-0.25, -0.2) is 4.85 Å². The lowest BCUT2D eigenvalue weighted by atomic mass is 9.73. The number of anilines is 2. The van der Waals surface area contributed by atoms with E-state index in [-0.39, 0.29) is 24.2 Å². The molecular weight excluding hydrogens is 744 g/mol. The summed E-state index contributed by atoms with van der Waals surface area (Å²) in [4.78, 5) is 80.2. The third-order valence-electron chi connectivity index (χ3n) is 13.4. The van der Waals surface area contributed by atoms with Crippen LogP contribution in [0.2, 0.25) is 5.02 Å². The molecular formula is C43H45ClN8O5. The van der Waals surface area contributed by atoms with Crippen molar-refractivity contribution < 1.29 is 24.0 Å². The van der Waals surface area contributed by atoms with Crippen LogP contribution < -0.4 is 15.1 Å².